The minimum Gasteiger partial charge on any atom is -0.496 e. The van der Waals surface area contributed by atoms with Crippen LogP contribution in [0.5, 0.6) is 17.2 Å². The minimum atomic E-state index is -0.322. The monoisotopic (exact) mass is 332 g/mol. The summed E-state index contributed by atoms with van der Waals surface area (Å²) in [4.78, 5) is 14.1. The van der Waals surface area contributed by atoms with E-state index >= 15 is 0 Å². The van der Waals surface area contributed by atoms with Crippen LogP contribution in [-0.4, -0.2) is 58.4 Å². The Morgan fingerprint density at radius 1 is 1.12 bits per heavy atom. The van der Waals surface area contributed by atoms with Gasteiger partial charge in [0.05, 0.1) is 34.5 Å². The van der Waals surface area contributed by atoms with Crippen LogP contribution in [0, 0.1) is 11.3 Å². The van der Waals surface area contributed by atoms with E-state index < -0.39 is 0 Å². The highest BCUT2D eigenvalue weighted by molar-refractivity contribution is 6.02. The van der Waals surface area contributed by atoms with Crippen LogP contribution in [0.25, 0.3) is 6.08 Å². The fourth-order valence-electron chi connectivity index (χ4n) is 2.40. The predicted molar refractivity (Wildman–Crippen MR) is 87.1 cm³/mol. The number of ether oxygens (including phenoxy) is 4. The highest BCUT2D eigenvalue weighted by Crippen LogP contribution is 2.35. The van der Waals surface area contributed by atoms with Crippen molar-refractivity contribution in [3.8, 4) is 23.3 Å². The van der Waals surface area contributed by atoms with Crippen molar-refractivity contribution in [3.63, 3.8) is 0 Å². The van der Waals surface area contributed by atoms with Crippen molar-refractivity contribution < 1.29 is 23.7 Å². The maximum absolute atomic E-state index is 12.5. The third kappa shape index (κ3) is 3.78. The van der Waals surface area contributed by atoms with Gasteiger partial charge in [-0.2, -0.15) is 5.26 Å². The standard InChI is InChI=1S/C17H20N2O5/c1-21-14-10-16(23-3)15(22-2)9-12(14)8-13(11-18)17(20)19-4-6-24-7-5-19/h8-10H,4-7H2,1-3H3/b13-8+. The molecule has 1 amide bonds. The molecule has 1 aliphatic heterocycles. The minimum absolute atomic E-state index is 0.0300. The molecule has 7 nitrogen and oxygen atoms in total. The number of amides is 1. The Bertz CT molecular complexity index is 672. The summed E-state index contributed by atoms with van der Waals surface area (Å²) in [5.41, 5.74) is 0.593. The summed E-state index contributed by atoms with van der Waals surface area (Å²) in [7, 11) is 4.55. The van der Waals surface area contributed by atoms with Gasteiger partial charge >= 0.3 is 0 Å². The third-order valence-corrected chi connectivity index (χ3v) is 3.68. The van der Waals surface area contributed by atoms with E-state index in [0.29, 0.717) is 49.1 Å². The zero-order chi connectivity index (χ0) is 17.5. The quantitative estimate of drug-likeness (QED) is 0.600. The number of carbonyl (C=O) groups is 1. The molecule has 24 heavy (non-hydrogen) atoms. The number of rotatable bonds is 5. The van der Waals surface area contributed by atoms with Gasteiger partial charge in [0.15, 0.2) is 11.5 Å². The van der Waals surface area contributed by atoms with Crippen LogP contribution >= 0.6 is 0 Å². The van der Waals surface area contributed by atoms with E-state index in [-0.39, 0.29) is 11.5 Å². The summed E-state index contributed by atoms with van der Waals surface area (Å²) in [6.07, 6.45) is 1.50. The van der Waals surface area contributed by atoms with Gasteiger partial charge in [-0.05, 0) is 12.1 Å². The average Bonchev–Trinajstić information content (AvgIpc) is 2.65. The van der Waals surface area contributed by atoms with Gasteiger partial charge in [0.2, 0.25) is 0 Å². The Hall–Kier alpha value is -2.72. The van der Waals surface area contributed by atoms with Gasteiger partial charge in [-0.25, -0.2) is 0 Å². The Kier molecular flexibility index (Phi) is 6.04. The fourth-order valence-corrected chi connectivity index (χ4v) is 2.40. The molecule has 7 heteroatoms. The summed E-state index contributed by atoms with van der Waals surface area (Å²) in [6, 6.07) is 5.29. The molecule has 0 unspecified atom stereocenters. The lowest BCUT2D eigenvalue weighted by molar-refractivity contribution is -0.130. The third-order valence-electron chi connectivity index (χ3n) is 3.68. The van der Waals surface area contributed by atoms with Crippen LogP contribution in [0.1, 0.15) is 5.56 Å². The van der Waals surface area contributed by atoms with E-state index in [9.17, 15) is 10.1 Å². The molecule has 0 spiro atoms. The van der Waals surface area contributed by atoms with Crippen molar-refractivity contribution in [3.05, 3.63) is 23.3 Å². The first kappa shape index (κ1) is 17.6. The van der Waals surface area contributed by atoms with Gasteiger partial charge in [-0.1, -0.05) is 0 Å². The summed E-state index contributed by atoms with van der Waals surface area (Å²) in [6.45, 7) is 1.90. The largest absolute Gasteiger partial charge is 0.496 e. The number of nitriles is 1. The summed E-state index contributed by atoms with van der Waals surface area (Å²) >= 11 is 0. The van der Waals surface area contributed by atoms with Crippen LogP contribution < -0.4 is 14.2 Å². The summed E-state index contributed by atoms with van der Waals surface area (Å²) in [5.74, 6) is 1.15. The lowest BCUT2D eigenvalue weighted by atomic mass is 10.1. The number of benzene rings is 1. The van der Waals surface area contributed by atoms with Gasteiger partial charge in [0.1, 0.15) is 17.4 Å². The maximum atomic E-state index is 12.5. The Morgan fingerprint density at radius 3 is 2.25 bits per heavy atom. The van der Waals surface area contributed by atoms with Crippen molar-refractivity contribution in [1.29, 1.82) is 5.26 Å². The molecule has 128 valence electrons. The molecule has 1 aromatic carbocycles. The van der Waals surface area contributed by atoms with E-state index in [1.54, 1.807) is 17.0 Å². The van der Waals surface area contributed by atoms with E-state index in [0.717, 1.165) is 0 Å². The van der Waals surface area contributed by atoms with E-state index in [1.165, 1.54) is 27.4 Å². The zero-order valence-corrected chi connectivity index (χ0v) is 14.0. The second-order valence-corrected chi connectivity index (χ2v) is 5.02. The highest BCUT2D eigenvalue weighted by Gasteiger charge is 2.21. The van der Waals surface area contributed by atoms with Crippen molar-refractivity contribution in [1.82, 2.24) is 4.90 Å². The summed E-state index contributed by atoms with van der Waals surface area (Å²) in [5, 5.41) is 9.39. The average molecular weight is 332 g/mol. The Labute approximate surface area is 141 Å². The van der Waals surface area contributed by atoms with Gasteiger partial charge in [0, 0.05) is 24.7 Å². The predicted octanol–water partition coefficient (Wildman–Crippen LogP) is 1.48. The maximum Gasteiger partial charge on any atom is 0.264 e. The van der Waals surface area contributed by atoms with Crippen molar-refractivity contribution in [2.24, 2.45) is 0 Å². The Morgan fingerprint density at radius 2 is 1.71 bits per heavy atom. The summed E-state index contributed by atoms with van der Waals surface area (Å²) < 4.78 is 21.0. The number of hydrogen-bond acceptors (Lipinski definition) is 6. The molecular weight excluding hydrogens is 312 g/mol. The normalized spacial score (nSPS) is 14.8. The van der Waals surface area contributed by atoms with Crippen molar-refractivity contribution in [2.45, 2.75) is 0 Å². The molecular formula is C17H20N2O5. The van der Waals surface area contributed by atoms with Gasteiger partial charge < -0.3 is 23.8 Å². The van der Waals surface area contributed by atoms with Crippen LogP contribution in [0.3, 0.4) is 0 Å². The van der Waals surface area contributed by atoms with Crippen LogP contribution in [0.4, 0.5) is 0 Å². The second-order valence-electron chi connectivity index (χ2n) is 5.02. The molecule has 0 aromatic heterocycles. The molecule has 0 saturated carbocycles. The molecule has 0 bridgehead atoms. The zero-order valence-electron chi connectivity index (χ0n) is 14.0. The lowest BCUT2D eigenvalue weighted by Crippen LogP contribution is -2.41. The molecule has 1 aliphatic rings. The van der Waals surface area contributed by atoms with Crippen molar-refractivity contribution >= 4 is 12.0 Å². The number of morpholine rings is 1. The molecule has 1 fully saturated rings. The second kappa shape index (κ2) is 8.22. The molecule has 0 radical (unpaired) electrons. The Balaban J connectivity index is 2.39. The van der Waals surface area contributed by atoms with E-state index in [2.05, 4.69) is 0 Å². The smallest absolute Gasteiger partial charge is 0.264 e. The topological polar surface area (TPSA) is 81.0 Å². The molecule has 1 aromatic rings. The molecule has 1 saturated heterocycles. The molecule has 0 atom stereocenters. The van der Waals surface area contributed by atoms with Crippen LogP contribution in [-0.2, 0) is 9.53 Å². The first-order chi connectivity index (χ1) is 11.6. The van der Waals surface area contributed by atoms with E-state index in [1.807, 2.05) is 6.07 Å². The number of nitrogens with zero attached hydrogens (tertiary/aromatic N) is 2. The first-order valence-electron chi connectivity index (χ1n) is 7.43. The van der Waals surface area contributed by atoms with Gasteiger partial charge in [0.25, 0.3) is 5.91 Å². The molecule has 0 aliphatic carbocycles. The fraction of sp³-hybridized carbons (Fsp3) is 0.412. The van der Waals surface area contributed by atoms with Crippen molar-refractivity contribution in [2.75, 3.05) is 47.6 Å². The van der Waals surface area contributed by atoms with Gasteiger partial charge in [-0.3, -0.25) is 4.79 Å². The SMILES string of the molecule is COc1cc(OC)c(OC)cc1/C=C(\C#N)C(=O)N1CCOCC1. The number of hydrogen-bond donors (Lipinski definition) is 0. The highest BCUT2D eigenvalue weighted by atomic mass is 16.5. The van der Waals surface area contributed by atoms with Gasteiger partial charge in [-0.15, -0.1) is 0 Å². The number of methoxy groups -OCH3 is 3. The van der Waals surface area contributed by atoms with Crippen LogP contribution in [0.2, 0.25) is 0 Å². The lowest BCUT2D eigenvalue weighted by Gasteiger charge is -2.26. The van der Waals surface area contributed by atoms with E-state index in [4.69, 9.17) is 18.9 Å². The number of carbonyl (C=O) groups excluding carboxylic acids is 1. The molecule has 2 rings (SSSR count). The molecule has 1 heterocycles. The molecule has 0 N–H and O–H groups in total. The first-order valence-corrected chi connectivity index (χ1v) is 7.43. The van der Waals surface area contributed by atoms with Crippen LogP contribution in [0.15, 0.2) is 17.7 Å².